The van der Waals surface area contributed by atoms with Crippen LogP contribution in [0.2, 0.25) is 0 Å². The monoisotopic (exact) mass is 620 g/mol. The Bertz CT molecular complexity index is 1480. The van der Waals surface area contributed by atoms with Crippen molar-refractivity contribution in [2.75, 3.05) is 11.9 Å². The molecule has 5 heterocycles. The summed E-state index contributed by atoms with van der Waals surface area (Å²) in [5.74, 6) is 0. The van der Waals surface area contributed by atoms with Crippen molar-refractivity contribution in [3.05, 3.63) is 127 Å². The van der Waals surface area contributed by atoms with Gasteiger partial charge in [0.1, 0.15) is 11.1 Å². The van der Waals surface area contributed by atoms with Gasteiger partial charge in [0.15, 0.2) is 6.04 Å². The second-order valence-electron chi connectivity index (χ2n) is 8.00. The summed E-state index contributed by atoms with van der Waals surface area (Å²) in [6.07, 6.45) is 13.2. The van der Waals surface area contributed by atoms with Gasteiger partial charge in [0.25, 0.3) is 0 Å². The zero-order valence-corrected chi connectivity index (χ0v) is 20.9. The molecular weight excluding hydrogens is 599 g/mol. The first-order chi connectivity index (χ1) is 16.3. The second-order valence-corrected chi connectivity index (χ2v) is 8.00. The van der Waals surface area contributed by atoms with Crippen molar-refractivity contribution in [3.8, 4) is 11.1 Å². The predicted octanol–water partition coefficient (Wildman–Crippen LogP) is 3.52. The van der Waals surface area contributed by atoms with E-state index in [0.29, 0.717) is 0 Å². The Morgan fingerprint density at radius 2 is 1.82 bits per heavy atom. The van der Waals surface area contributed by atoms with Gasteiger partial charge in [0.05, 0.1) is 11.8 Å². The molecule has 3 aliphatic heterocycles. The molecule has 0 fully saturated rings. The van der Waals surface area contributed by atoms with Crippen LogP contribution in [-0.2, 0) is 20.1 Å². The standard InChI is InChI=1S/C18H11N3.C10H10N2.Ir/c1-2-6-15-12(4-1)10-16-18-14(5-3-8-20-18)13-7-9-19-11-17(13)21(15)16;1-11-7-8-12(9-11)10-5-3-2-4-6-10;/h1-9,11,16H;2-5,7-9H,1H3;/q;-2;+3. The number of benzene rings is 2. The number of hydrogen-bond donors (Lipinski definition) is 0. The maximum atomic E-state index is 4.62. The number of rotatable bonds is 1. The molecule has 0 spiro atoms. The SMILES string of the molecule is CN1C=CN(c2[c-]cccc2)[CH-]1.[C-]1=c2ccccc2=[N+]2c3cnccc3-c3cccnc3C12.[Ir+3]. The van der Waals surface area contributed by atoms with E-state index >= 15 is 0 Å². The summed E-state index contributed by atoms with van der Waals surface area (Å²) in [7, 11) is 2.00. The number of anilines is 1. The maximum Gasteiger partial charge on any atom is 3.00 e. The molecule has 34 heavy (non-hydrogen) atoms. The molecule has 1 atom stereocenters. The van der Waals surface area contributed by atoms with E-state index in [4.69, 9.17) is 0 Å². The van der Waals surface area contributed by atoms with Crippen LogP contribution in [0.4, 0.5) is 11.4 Å². The first-order valence-electron chi connectivity index (χ1n) is 10.8. The van der Waals surface area contributed by atoms with Crippen molar-refractivity contribution in [2.24, 2.45) is 0 Å². The molecule has 5 nitrogen and oxygen atoms in total. The van der Waals surface area contributed by atoms with Crippen LogP contribution in [0.3, 0.4) is 0 Å². The van der Waals surface area contributed by atoms with Crippen LogP contribution in [0.15, 0.2) is 97.7 Å². The first kappa shape index (κ1) is 22.2. The summed E-state index contributed by atoms with van der Waals surface area (Å²) in [4.78, 5) is 13.0. The van der Waals surface area contributed by atoms with Gasteiger partial charge in [0, 0.05) is 18.0 Å². The van der Waals surface area contributed by atoms with Crippen LogP contribution >= 0.6 is 0 Å². The van der Waals surface area contributed by atoms with E-state index in [9.17, 15) is 0 Å². The molecule has 166 valence electrons. The summed E-state index contributed by atoms with van der Waals surface area (Å²) < 4.78 is 2.28. The van der Waals surface area contributed by atoms with Gasteiger partial charge in [-0.3, -0.25) is 9.97 Å². The molecule has 0 saturated heterocycles. The van der Waals surface area contributed by atoms with Crippen LogP contribution in [0.25, 0.3) is 17.2 Å². The second kappa shape index (κ2) is 9.33. The molecule has 0 radical (unpaired) electrons. The molecule has 2 aromatic heterocycles. The molecule has 6 heteroatoms. The van der Waals surface area contributed by atoms with Gasteiger partial charge in [-0.15, -0.1) is 23.0 Å². The van der Waals surface area contributed by atoms with E-state index in [-0.39, 0.29) is 26.1 Å². The molecule has 7 rings (SSSR count). The fourth-order valence-corrected chi connectivity index (χ4v) is 4.42. The molecule has 0 aliphatic carbocycles. The maximum absolute atomic E-state index is 4.62. The zero-order chi connectivity index (χ0) is 22.2. The molecular formula is C28H21IrN5+. The largest absolute Gasteiger partial charge is 3.00 e. The molecule has 0 saturated carbocycles. The number of aromatic nitrogens is 2. The van der Waals surface area contributed by atoms with Gasteiger partial charge in [-0.2, -0.15) is 43.1 Å². The Kier molecular flexibility index (Phi) is 6.10. The molecule has 1 unspecified atom stereocenters. The first-order valence-corrected chi connectivity index (χ1v) is 10.8. The average molecular weight is 620 g/mol. The van der Waals surface area contributed by atoms with E-state index < -0.39 is 0 Å². The fraction of sp³-hybridized carbons (Fsp3) is 0.0714. The Labute approximate surface area is 212 Å². The van der Waals surface area contributed by atoms with Crippen molar-refractivity contribution >= 4 is 17.5 Å². The molecule has 0 N–H and O–H groups in total. The Morgan fingerprint density at radius 3 is 2.65 bits per heavy atom. The van der Waals surface area contributed by atoms with Crippen molar-refractivity contribution in [1.29, 1.82) is 0 Å². The van der Waals surface area contributed by atoms with E-state index in [1.54, 1.807) is 0 Å². The smallest absolute Gasteiger partial charge is 0.510 e. The Morgan fingerprint density at radius 1 is 0.941 bits per heavy atom. The topological polar surface area (TPSA) is 35.3 Å². The summed E-state index contributed by atoms with van der Waals surface area (Å²) in [5.41, 5.74) is 5.62. The third kappa shape index (κ3) is 3.85. The van der Waals surface area contributed by atoms with Gasteiger partial charge in [-0.25, -0.2) is 4.58 Å². The van der Waals surface area contributed by atoms with Gasteiger partial charge in [0.2, 0.25) is 5.69 Å². The number of pyridine rings is 2. The van der Waals surface area contributed by atoms with Crippen molar-refractivity contribution in [2.45, 2.75) is 6.04 Å². The fourth-order valence-electron chi connectivity index (χ4n) is 4.42. The Balaban J connectivity index is 0.000000159. The van der Waals surface area contributed by atoms with E-state index in [1.165, 1.54) is 16.5 Å². The van der Waals surface area contributed by atoms with Gasteiger partial charge in [-0.05, 0) is 37.6 Å². The van der Waals surface area contributed by atoms with Crippen LogP contribution in [-0.4, -0.2) is 21.9 Å². The van der Waals surface area contributed by atoms with E-state index in [1.807, 2.05) is 90.9 Å². The summed E-state index contributed by atoms with van der Waals surface area (Å²) >= 11 is 0. The minimum atomic E-state index is 0. The summed E-state index contributed by atoms with van der Waals surface area (Å²) in [5, 5.41) is 2.31. The summed E-state index contributed by atoms with van der Waals surface area (Å²) in [6.45, 7) is 2.01. The average Bonchev–Trinajstić information content (AvgIpc) is 3.49. The molecule has 0 bridgehead atoms. The molecule has 2 aromatic carbocycles. The third-order valence-electron chi connectivity index (χ3n) is 5.90. The van der Waals surface area contributed by atoms with Crippen molar-refractivity contribution in [1.82, 2.24) is 19.4 Å². The van der Waals surface area contributed by atoms with Gasteiger partial charge < -0.3 is 9.80 Å². The van der Waals surface area contributed by atoms with Crippen LogP contribution in [0, 0.1) is 12.7 Å². The van der Waals surface area contributed by atoms with Gasteiger partial charge >= 0.3 is 20.1 Å². The van der Waals surface area contributed by atoms with E-state index in [0.717, 1.165) is 22.3 Å². The van der Waals surface area contributed by atoms with Crippen molar-refractivity contribution < 1.29 is 20.1 Å². The number of fused-ring (bicyclic) bond motifs is 7. The predicted molar refractivity (Wildman–Crippen MR) is 129 cm³/mol. The molecule has 0 amide bonds. The summed E-state index contributed by atoms with van der Waals surface area (Å²) in [6, 6.07) is 25.6. The third-order valence-corrected chi connectivity index (χ3v) is 5.90. The van der Waals surface area contributed by atoms with Crippen LogP contribution < -0.4 is 20.1 Å². The minimum absolute atomic E-state index is 0. The number of nitrogens with zero attached hydrogens (tertiary/aromatic N) is 5. The van der Waals surface area contributed by atoms with E-state index in [2.05, 4.69) is 57.0 Å². The van der Waals surface area contributed by atoms with Crippen LogP contribution in [0.5, 0.6) is 0 Å². The molecule has 3 aliphatic rings. The molecule has 4 aromatic rings. The quantitative estimate of drug-likeness (QED) is 0.242. The minimum Gasteiger partial charge on any atom is -0.510 e. The normalized spacial score (nSPS) is 16.3. The van der Waals surface area contributed by atoms with Gasteiger partial charge in [-0.1, -0.05) is 12.1 Å². The van der Waals surface area contributed by atoms with Crippen LogP contribution in [0.1, 0.15) is 11.7 Å². The number of hydrogen-bond acceptors (Lipinski definition) is 4. The van der Waals surface area contributed by atoms with Crippen molar-refractivity contribution in [3.63, 3.8) is 0 Å². The Hall–Kier alpha value is -3.60. The zero-order valence-electron chi connectivity index (χ0n) is 18.5. The number of para-hydroxylation sites is 2.